The van der Waals surface area contributed by atoms with Gasteiger partial charge in [-0.25, -0.2) is 9.59 Å². The van der Waals surface area contributed by atoms with Gasteiger partial charge in [0.2, 0.25) is 11.8 Å². The molecule has 0 saturated carbocycles. The number of ketones is 1. The maximum absolute atomic E-state index is 15.7. The van der Waals surface area contributed by atoms with Crippen molar-refractivity contribution in [2.45, 2.75) is 63.1 Å². The van der Waals surface area contributed by atoms with Crippen LogP contribution in [0.3, 0.4) is 0 Å². The molecule has 1 aliphatic rings. The van der Waals surface area contributed by atoms with Gasteiger partial charge in [0.05, 0.1) is 6.04 Å². The number of carbonyl (C=O) groups is 5. The van der Waals surface area contributed by atoms with Crippen molar-refractivity contribution in [2.24, 2.45) is 5.92 Å². The van der Waals surface area contributed by atoms with Crippen molar-refractivity contribution in [3.63, 3.8) is 0 Å². The van der Waals surface area contributed by atoms with Gasteiger partial charge in [-0.15, -0.1) is 0 Å². The Balaban J connectivity index is 1.82. The summed E-state index contributed by atoms with van der Waals surface area (Å²) < 4.78 is 36.7. The molecule has 1 aliphatic heterocycles. The lowest BCUT2D eigenvalue weighted by molar-refractivity contribution is -0.151. The molecule has 3 amide bonds. The molecule has 10 nitrogen and oxygen atoms in total. The summed E-state index contributed by atoms with van der Waals surface area (Å²) in [6.45, 7) is 2.17. The number of amides is 3. The lowest BCUT2D eigenvalue weighted by atomic mass is 9.95. The number of carbonyl (C=O) groups excluding carboxylic acids is 4. The highest BCUT2D eigenvalue weighted by molar-refractivity contribution is 6.35. The Kier molecular flexibility index (Phi) is 11.4. The van der Waals surface area contributed by atoms with Gasteiger partial charge < -0.3 is 25.8 Å². The van der Waals surface area contributed by atoms with Crippen molar-refractivity contribution in [1.82, 2.24) is 16.0 Å². The molecule has 42 heavy (non-hydrogen) atoms. The van der Waals surface area contributed by atoms with Crippen LogP contribution in [0.25, 0.3) is 0 Å². The average molecular weight is 608 g/mol. The minimum atomic E-state index is -3.73. The van der Waals surface area contributed by atoms with Gasteiger partial charge in [-0.3, -0.25) is 14.4 Å². The summed E-state index contributed by atoms with van der Waals surface area (Å²) in [5.41, 5.74) is -0.517. The molecule has 13 heteroatoms. The normalized spacial score (nSPS) is 17.0. The van der Waals surface area contributed by atoms with Crippen molar-refractivity contribution < 1.29 is 42.6 Å². The topological polar surface area (TPSA) is 151 Å². The first kappa shape index (κ1) is 32.5. The number of benzene rings is 2. The molecule has 0 radical (unpaired) electrons. The second-order valence-electron chi connectivity index (χ2n) is 9.91. The van der Waals surface area contributed by atoms with E-state index in [1.807, 2.05) is 6.92 Å². The number of unbranched alkanes of at least 4 members (excludes halogenated alkanes) is 1. The van der Waals surface area contributed by atoms with Gasteiger partial charge in [0.15, 0.2) is 6.10 Å². The summed E-state index contributed by atoms with van der Waals surface area (Å²) in [5, 5.41) is 16.5. The molecule has 3 rings (SSSR count). The lowest BCUT2D eigenvalue weighted by Gasteiger charge is -2.29. The first-order valence-electron chi connectivity index (χ1n) is 13.4. The fraction of sp³-hybridized carbons (Fsp3) is 0.414. The average Bonchev–Trinajstić information content (AvgIpc) is 3.37. The second kappa shape index (κ2) is 14.7. The summed E-state index contributed by atoms with van der Waals surface area (Å²) >= 11 is 5.92. The molecule has 1 fully saturated rings. The van der Waals surface area contributed by atoms with E-state index in [0.717, 1.165) is 12.1 Å². The van der Waals surface area contributed by atoms with Gasteiger partial charge in [-0.1, -0.05) is 73.8 Å². The number of rotatable bonds is 14. The number of halogens is 3. The zero-order valence-electron chi connectivity index (χ0n) is 22.8. The molecule has 2 aromatic rings. The summed E-state index contributed by atoms with van der Waals surface area (Å²) in [4.78, 5) is 62.0. The van der Waals surface area contributed by atoms with E-state index in [1.165, 1.54) is 36.4 Å². The zero-order chi connectivity index (χ0) is 30.9. The molecule has 1 heterocycles. The number of ether oxygens (including phenoxy) is 1. The zero-order valence-corrected chi connectivity index (χ0v) is 23.5. The van der Waals surface area contributed by atoms with Crippen molar-refractivity contribution in [1.29, 1.82) is 0 Å². The molecule has 2 aromatic carbocycles. The van der Waals surface area contributed by atoms with E-state index in [9.17, 15) is 29.1 Å². The van der Waals surface area contributed by atoms with Crippen molar-refractivity contribution in [2.75, 3.05) is 6.54 Å². The van der Waals surface area contributed by atoms with E-state index >= 15 is 8.78 Å². The third-order valence-corrected chi connectivity index (χ3v) is 7.08. The summed E-state index contributed by atoms with van der Waals surface area (Å²) in [7, 11) is 0. The van der Waals surface area contributed by atoms with Crippen LogP contribution in [-0.2, 0) is 29.8 Å². The van der Waals surface area contributed by atoms with Crippen LogP contribution < -0.4 is 16.0 Å². The molecular formula is C29H32ClF2N3O7. The Morgan fingerprint density at radius 2 is 1.81 bits per heavy atom. The Morgan fingerprint density at radius 3 is 2.40 bits per heavy atom. The Morgan fingerprint density at radius 1 is 1.10 bits per heavy atom. The number of aliphatic carboxylic acids is 1. The van der Waals surface area contributed by atoms with Gasteiger partial charge in [0.25, 0.3) is 5.78 Å². The maximum Gasteiger partial charge on any atom is 0.408 e. The predicted octanol–water partition coefficient (Wildman–Crippen LogP) is 4.12. The summed E-state index contributed by atoms with van der Waals surface area (Å²) in [6, 6.07) is 9.38. The SMILES string of the molecule is CCCC[C@H](NC(=O)OC(c1ccccc1)C(F)(F)c1cccc(Cl)c1)C(=O)N[C@@H](C[C@@H]1CCNC1=O)C(=O)C(=O)O. The van der Waals surface area contributed by atoms with Gasteiger partial charge in [0, 0.05) is 23.0 Å². The number of alkyl carbamates (subject to hydrolysis) is 1. The van der Waals surface area contributed by atoms with Gasteiger partial charge in [-0.2, -0.15) is 8.78 Å². The highest BCUT2D eigenvalue weighted by Crippen LogP contribution is 2.43. The highest BCUT2D eigenvalue weighted by atomic mass is 35.5. The lowest BCUT2D eigenvalue weighted by Crippen LogP contribution is -2.53. The Bertz CT molecular complexity index is 1290. The van der Waals surface area contributed by atoms with Crippen LogP contribution in [0.2, 0.25) is 5.02 Å². The fourth-order valence-electron chi connectivity index (χ4n) is 4.59. The Labute approximate surface area is 246 Å². The van der Waals surface area contributed by atoms with Crippen LogP contribution in [-0.4, -0.2) is 53.4 Å². The monoisotopic (exact) mass is 607 g/mol. The van der Waals surface area contributed by atoms with E-state index < -0.39 is 59.3 Å². The molecule has 4 atom stereocenters. The predicted molar refractivity (Wildman–Crippen MR) is 148 cm³/mol. The number of carboxylic acid groups (broad SMARTS) is 1. The number of Topliss-reactive ketones (excluding diaryl/α,β-unsaturated/α-hetero) is 1. The van der Waals surface area contributed by atoms with Crippen LogP contribution in [0.15, 0.2) is 54.6 Å². The quantitative estimate of drug-likeness (QED) is 0.236. The minimum Gasteiger partial charge on any atom is -0.475 e. The molecule has 0 aromatic heterocycles. The summed E-state index contributed by atoms with van der Waals surface area (Å²) in [6.07, 6.45) is -2.29. The van der Waals surface area contributed by atoms with Crippen LogP contribution in [0.4, 0.5) is 13.6 Å². The molecule has 1 unspecified atom stereocenters. The number of hydrogen-bond donors (Lipinski definition) is 4. The van der Waals surface area contributed by atoms with Crippen molar-refractivity contribution in [3.8, 4) is 0 Å². The molecular weight excluding hydrogens is 576 g/mol. The molecule has 4 N–H and O–H groups in total. The van der Waals surface area contributed by atoms with E-state index in [1.54, 1.807) is 6.07 Å². The molecule has 0 spiro atoms. The van der Waals surface area contributed by atoms with E-state index in [4.69, 9.17) is 16.3 Å². The van der Waals surface area contributed by atoms with Gasteiger partial charge >= 0.3 is 18.0 Å². The first-order valence-corrected chi connectivity index (χ1v) is 13.8. The molecule has 226 valence electrons. The largest absolute Gasteiger partial charge is 0.475 e. The third kappa shape index (κ3) is 8.48. The van der Waals surface area contributed by atoms with E-state index in [0.29, 0.717) is 25.8 Å². The molecule has 0 aliphatic carbocycles. The standard InChI is InChI=1S/C29H32ClF2N3O7/c1-2-3-12-21(26(38)34-22(23(36)27(39)40)15-18-13-14-33-25(18)37)35-28(41)42-24(17-8-5-4-6-9-17)29(31,32)19-10-7-11-20(30)16-19/h4-11,16,18,21-22,24H,2-3,12-15H2,1H3,(H,33,37)(H,34,38)(H,35,41)(H,39,40)/t18-,21-,22-,24?/m0/s1. The second-order valence-corrected chi connectivity index (χ2v) is 10.3. The van der Waals surface area contributed by atoms with Crippen LogP contribution in [0, 0.1) is 5.92 Å². The number of alkyl halides is 2. The number of nitrogens with one attached hydrogen (secondary N) is 3. The third-order valence-electron chi connectivity index (χ3n) is 6.85. The first-order chi connectivity index (χ1) is 19.9. The van der Waals surface area contributed by atoms with E-state index in [-0.39, 0.29) is 29.3 Å². The van der Waals surface area contributed by atoms with Gasteiger partial charge in [0.1, 0.15) is 6.04 Å². The van der Waals surface area contributed by atoms with Crippen LogP contribution >= 0.6 is 11.6 Å². The van der Waals surface area contributed by atoms with Crippen molar-refractivity contribution in [3.05, 3.63) is 70.7 Å². The molecule has 0 bridgehead atoms. The van der Waals surface area contributed by atoms with Crippen LogP contribution in [0.5, 0.6) is 0 Å². The Hall–Kier alpha value is -4.06. The number of hydrogen-bond acceptors (Lipinski definition) is 6. The number of carboxylic acids is 1. The minimum absolute atomic E-state index is 0.0193. The fourth-order valence-corrected chi connectivity index (χ4v) is 4.78. The van der Waals surface area contributed by atoms with Crippen molar-refractivity contribution >= 4 is 41.3 Å². The van der Waals surface area contributed by atoms with Gasteiger partial charge in [-0.05, 0) is 37.0 Å². The molecule has 1 saturated heterocycles. The summed E-state index contributed by atoms with van der Waals surface area (Å²) in [5.74, 6) is -8.84. The van der Waals surface area contributed by atoms with Crippen LogP contribution in [0.1, 0.15) is 56.3 Å². The highest BCUT2D eigenvalue weighted by Gasteiger charge is 2.46. The van der Waals surface area contributed by atoms with E-state index in [2.05, 4.69) is 16.0 Å². The smallest absolute Gasteiger partial charge is 0.408 e. The maximum atomic E-state index is 15.7.